The van der Waals surface area contributed by atoms with Crippen molar-refractivity contribution in [2.75, 3.05) is 0 Å². The lowest BCUT2D eigenvalue weighted by atomic mass is 10.1. The maximum atomic E-state index is 11.1. The average molecular weight is 236 g/mol. The van der Waals surface area contributed by atoms with E-state index < -0.39 is 0 Å². The van der Waals surface area contributed by atoms with E-state index >= 15 is 0 Å². The monoisotopic (exact) mass is 236 g/mol. The number of hydrogen-bond acceptors (Lipinski definition) is 2. The highest BCUT2D eigenvalue weighted by Gasteiger charge is 2.05. The van der Waals surface area contributed by atoms with Gasteiger partial charge in [-0.3, -0.25) is 4.79 Å². The second kappa shape index (κ2) is 8.05. The third-order valence-electron chi connectivity index (χ3n) is 1.86. The quantitative estimate of drug-likeness (QED) is 0.625. The first-order chi connectivity index (χ1) is 7.79. The highest BCUT2D eigenvalue weighted by atomic mass is 32.1. The summed E-state index contributed by atoms with van der Waals surface area (Å²) in [6.45, 7) is 9.61. The SMILES string of the molecule is CC.CC.CC(=O)c1csc2ccccc12. The van der Waals surface area contributed by atoms with Gasteiger partial charge in [0.05, 0.1) is 0 Å². The van der Waals surface area contributed by atoms with E-state index in [4.69, 9.17) is 0 Å². The lowest BCUT2D eigenvalue weighted by Crippen LogP contribution is -1.87. The predicted octanol–water partition coefficient (Wildman–Crippen LogP) is 5.16. The Morgan fingerprint density at radius 2 is 1.62 bits per heavy atom. The van der Waals surface area contributed by atoms with E-state index in [0.29, 0.717) is 0 Å². The molecular formula is C14H20OS. The van der Waals surface area contributed by atoms with E-state index in [2.05, 4.69) is 0 Å². The summed E-state index contributed by atoms with van der Waals surface area (Å²) >= 11 is 1.62. The van der Waals surface area contributed by atoms with Gasteiger partial charge in [-0.15, -0.1) is 11.3 Å². The van der Waals surface area contributed by atoms with Crippen molar-refractivity contribution < 1.29 is 4.79 Å². The van der Waals surface area contributed by atoms with Crippen LogP contribution >= 0.6 is 11.3 Å². The van der Waals surface area contributed by atoms with Gasteiger partial charge in [-0.2, -0.15) is 0 Å². The molecule has 1 aromatic heterocycles. The molecule has 0 aliphatic rings. The molecular weight excluding hydrogens is 216 g/mol. The van der Waals surface area contributed by atoms with Gasteiger partial charge in [0.15, 0.2) is 5.78 Å². The van der Waals surface area contributed by atoms with Crippen molar-refractivity contribution in [1.82, 2.24) is 0 Å². The summed E-state index contributed by atoms with van der Waals surface area (Å²) in [6.07, 6.45) is 0. The van der Waals surface area contributed by atoms with Gasteiger partial charge in [-0.25, -0.2) is 0 Å². The van der Waals surface area contributed by atoms with Gasteiger partial charge in [0.2, 0.25) is 0 Å². The first kappa shape index (κ1) is 14.8. The van der Waals surface area contributed by atoms with Gasteiger partial charge in [-0.05, 0) is 13.0 Å². The number of carbonyl (C=O) groups excluding carboxylic acids is 1. The zero-order valence-electron chi connectivity index (χ0n) is 10.7. The number of hydrogen-bond donors (Lipinski definition) is 0. The van der Waals surface area contributed by atoms with Crippen LogP contribution in [0.3, 0.4) is 0 Å². The second-order valence-electron chi connectivity index (χ2n) is 2.70. The molecule has 0 unspecified atom stereocenters. The Hall–Kier alpha value is -1.15. The number of thiophene rings is 1. The molecule has 1 aromatic carbocycles. The smallest absolute Gasteiger partial charge is 0.161 e. The van der Waals surface area contributed by atoms with Crippen molar-refractivity contribution in [3.8, 4) is 0 Å². The Bertz CT molecular complexity index is 429. The number of benzene rings is 1. The van der Waals surface area contributed by atoms with E-state index in [1.165, 1.54) is 4.70 Å². The van der Waals surface area contributed by atoms with Gasteiger partial charge in [0.25, 0.3) is 0 Å². The molecule has 2 rings (SSSR count). The van der Waals surface area contributed by atoms with Crippen LogP contribution in [-0.2, 0) is 0 Å². The molecule has 0 saturated carbocycles. The van der Waals surface area contributed by atoms with Crippen LogP contribution in [0.2, 0.25) is 0 Å². The molecule has 2 heteroatoms. The summed E-state index contributed by atoms with van der Waals surface area (Å²) in [4.78, 5) is 11.1. The Morgan fingerprint density at radius 1 is 1.06 bits per heavy atom. The fourth-order valence-electron chi connectivity index (χ4n) is 1.25. The maximum Gasteiger partial charge on any atom is 0.161 e. The minimum atomic E-state index is 0.146. The molecule has 0 radical (unpaired) electrons. The minimum absolute atomic E-state index is 0.146. The second-order valence-corrected chi connectivity index (χ2v) is 3.61. The molecule has 0 fully saturated rings. The Kier molecular flexibility index (Phi) is 7.48. The van der Waals surface area contributed by atoms with Crippen LogP contribution < -0.4 is 0 Å². The number of rotatable bonds is 1. The van der Waals surface area contributed by atoms with Crippen LogP contribution in [0, 0.1) is 0 Å². The van der Waals surface area contributed by atoms with Crippen molar-refractivity contribution in [1.29, 1.82) is 0 Å². The van der Waals surface area contributed by atoms with Crippen LogP contribution in [0.15, 0.2) is 29.6 Å². The molecule has 1 nitrogen and oxygen atoms in total. The van der Waals surface area contributed by atoms with Crippen LogP contribution in [0.1, 0.15) is 45.0 Å². The van der Waals surface area contributed by atoms with Crippen LogP contribution in [0.4, 0.5) is 0 Å². The zero-order valence-corrected chi connectivity index (χ0v) is 11.5. The fraction of sp³-hybridized carbons (Fsp3) is 0.357. The highest BCUT2D eigenvalue weighted by molar-refractivity contribution is 7.17. The molecule has 0 saturated heterocycles. The summed E-state index contributed by atoms with van der Waals surface area (Å²) < 4.78 is 1.18. The fourth-order valence-corrected chi connectivity index (χ4v) is 2.25. The number of carbonyl (C=O) groups is 1. The van der Waals surface area contributed by atoms with E-state index in [0.717, 1.165) is 10.9 Å². The first-order valence-electron chi connectivity index (χ1n) is 5.76. The van der Waals surface area contributed by atoms with Crippen molar-refractivity contribution in [2.45, 2.75) is 34.6 Å². The standard InChI is InChI=1S/C10H8OS.2C2H6/c1-7(11)9-6-12-10-5-3-2-4-8(9)10;2*1-2/h2-6H,1H3;2*1-2H3. The maximum absolute atomic E-state index is 11.1. The van der Waals surface area contributed by atoms with E-state index in [-0.39, 0.29) is 5.78 Å². The van der Waals surface area contributed by atoms with Crippen LogP contribution in [0.25, 0.3) is 10.1 Å². The third-order valence-corrected chi connectivity index (χ3v) is 2.82. The summed E-state index contributed by atoms with van der Waals surface area (Å²) in [5.74, 6) is 0.146. The Labute approximate surface area is 102 Å². The largest absolute Gasteiger partial charge is 0.294 e. The molecule has 0 aliphatic heterocycles. The van der Waals surface area contributed by atoms with Crippen molar-refractivity contribution in [2.24, 2.45) is 0 Å². The van der Waals surface area contributed by atoms with E-state index in [1.54, 1.807) is 18.3 Å². The van der Waals surface area contributed by atoms with E-state index in [9.17, 15) is 4.79 Å². The lowest BCUT2D eigenvalue weighted by molar-refractivity contribution is 0.101. The summed E-state index contributed by atoms with van der Waals surface area (Å²) in [6, 6.07) is 7.97. The van der Waals surface area contributed by atoms with Crippen molar-refractivity contribution >= 4 is 27.2 Å². The molecule has 2 aromatic rings. The van der Waals surface area contributed by atoms with Crippen molar-refractivity contribution in [3.05, 3.63) is 35.2 Å². The molecule has 16 heavy (non-hydrogen) atoms. The van der Waals surface area contributed by atoms with Gasteiger partial charge in [-0.1, -0.05) is 45.9 Å². The minimum Gasteiger partial charge on any atom is -0.294 e. The van der Waals surface area contributed by atoms with Gasteiger partial charge in [0, 0.05) is 21.0 Å². The summed E-state index contributed by atoms with van der Waals surface area (Å²) in [5, 5.41) is 3.00. The molecule has 0 amide bonds. The zero-order chi connectivity index (χ0) is 12.6. The molecule has 0 atom stereocenters. The van der Waals surface area contributed by atoms with Crippen LogP contribution in [-0.4, -0.2) is 5.78 Å². The lowest BCUT2D eigenvalue weighted by Gasteiger charge is -1.90. The summed E-state index contributed by atoms with van der Waals surface area (Å²) in [7, 11) is 0. The van der Waals surface area contributed by atoms with E-state index in [1.807, 2.05) is 57.3 Å². The molecule has 1 heterocycles. The Balaban J connectivity index is 0.000000509. The first-order valence-corrected chi connectivity index (χ1v) is 6.64. The molecule has 0 bridgehead atoms. The topological polar surface area (TPSA) is 17.1 Å². The number of fused-ring (bicyclic) bond motifs is 1. The molecule has 0 aliphatic carbocycles. The van der Waals surface area contributed by atoms with Gasteiger partial charge in [0.1, 0.15) is 0 Å². The van der Waals surface area contributed by atoms with Crippen molar-refractivity contribution in [3.63, 3.8) is 0 Å². The van der Waals surface area contributed by atoms with Crippen LogP contribution in [0.5, 0.6) is 0 Å². The average Bonchev–Trinajstić information content (AvgIpc) is 2.78. The third kappa shape index (κ3) is 3.46. The number of Topliss-reactive ketones (excluding diaryl/α,β-unsaturated/α-hetero) is 1. The molecule has 88 valence electrons. The Morgan fingerprint density at radius 3 is 2.19 bits per heavy atom. The molecule has 0 N–H and O–H groups in total. The van der Waals surface area contributed by atoms with Gasteiger partial charge >= 0.3 is 0 Å². The molecule has 0 spiro atoms. The normalized spacial score (nSPS) is 8.56. The van der Waals surface area contributed by atoms with Gasteiger partial charge < -0.3 is 0 Å². The highest BCUT2D eigenvalue weighted by Crippen LogP contribution is 2.25. The summed E-state index contributed by atoms with van der Waals surface area (Å²) in [5.41, 5.74) is 0.843. The number of ketones is 1. The predicted molar refractivity (Wildman–Crippen MR) is 74.5 cm³/mol.